The molecule has 6 heteroatoms. The number of carbonyl (C=O) groups excluding carboxylic acids is 1. The smallest absolute Gasteiger partial charge is 0.220 e. The second kappa shape index (κ2) is 8.83. The lowest BCUT2D eigenvalue weighted by Gasteiger charge is -2.18. The molecule has 138 valence electrons. The molecule has 1 heterocycles. The number of aromatic nitrogens is 1. The number of amides is 1. The van der Waals surface area contributed by atoms with E-state index >= 15 is 0 Å². The monoisotopic (exact) mass is 373 g/mol. The zero-order valence-corrected chi connectivity index (χ0v) is 15.8. The van der Waals surface area contributed by atoms with Gasteiger partial charge in [-0.2, -0.15) is 0 Å². The summed E-state index contributed by atoms with van der Waals surface area (Å²) in [6.07, 6.45) is 0.995. The highest BCUT2D eigenvalue weighted by Crippen LogP contribution is 2.20. The minimum atomic E-state index is -0.193. The Bertz CT molecular complexity index is 872. The highest BCUT2D eigenvalue weighted by Gasteiger charge is 2.15. The Morgan fingerprint density at radius 2 is 1.92 bits per heavy atom. The third-order valence-corrected chi connectivity index (χ3v) is 4.53. The fraction of sp³-hybridized carbons (Fsp3) is 0.300. The molecule has 1 amide bonds. The molecule has 0 saturated heterocycles. The van der Waals surface area contributed by atoms with Crippen molar-refractivity contribution in [2.75, 3.05) is 6.54 Å². The van der Waals surface area contributed by atoms with Crippen LogP contribution in [-0.2, 0) is 11.2 Å². The zero-order valence-electron chi connectivity index (χ0n) is 15.0. The third-order valence-electron chi connectivity index (χ3n) is 4.53. The number of fused-ring (bicyclic) bond motifs is 1. The van der Waals surface area contributed by atoms with E-state index in [1.54, 1.807) is 0 Å². The standard InChI is InChI=1S/C20H23N3O2.ClH/c1-13-18(14(2)25-23-13)9-10-20(24)22-19(12-21)17-8-7-15-5-3-4-6-16(15)11-17;/h3-8,11,19H,9-10,12,21H2,1-2H3,(H,22,24);1H. The third kappa shape index (κ3) is 4.42. The molecule has 0 bridgehead atoms. The molecular formula is C20H24ClN3O2. The quantitative estimate of drug-likeness (QED) is 0.691. The predicted octanol–water partition coefficient (Wildman–Crippen LogP) is 3.62. The lowest BCUT2D eigenvalue weighted by molar-refractivity contribution is -0.121. The first kappa shape index (κ1) is 19.9. The summed E-state index contributed by atoms with van der Waals surface area (Å²) in [7, 11) is 0. The van der Waals surface area contributed by atoms with E-state index in [-0.39, 0.29) is 24.4 Å². The summed E-state index contributed by atoms with van der Waals surface area (Å²) in [5.41, 5.74) is 8.76. The summed E-state index contributed by atoms with van der Waals surface area (Å²) < 4.78 is 5.14. The second-order valence-electron chi connectivity index (χ2n) is 6.27. The maximum absolute atomic E-state index is 12.3. The number of nitrogens with zero attached hydrogens (tertiary/aromatic N) is 1. The van der Waals surface area contributed by atoms with E-state index < -0.39 is 0 Å². The van der Waals surface area contributed by atoms with Crippen molar-refractivity contribution < 1.29 is 9.32 Å². The van der Waals surface area contributed by atoms with Gasteiger partial charge in [0.25, 0.3) is 0 Å². The Labute approximate surface area is 159 Å². The van der Waals surface area contributed by atoms with Gasteiger partial charge in [-0.1, -0.05) is 41.6 Å². The van der Waals surface area contributed by atoms with Gasteiger partial charge in [0.05, 0.1) is 11.7 Å². The lowest BCUT2D eigenvalue weighted by Crippen LogP contribution is -2.33. The summed E-state index contributed by atoms with van der Waals surface area (Å²) >= 11 is 0. The van der Waals surface area contributed by atoms with Crippen molar-refractivity contribution in [3.63, 3.8) is 0 Å². The van der Waals surface area contributed by atoms with Gasteiger partial charge in [0.1, 0.15) is 5.76 Å². The van der Waals surface area contributed by atoms with E-state index in [1.807, 2.05) is 32.0 Å². The SMILES string of the molecule is Cc1noc(C)c1CCC(=O)NC(CN)c1ccc2ccccc2c1.Cl. The minimum absolute atomic E-state index is 0. The van der Waals surface area contributed by atoms with Crippen LogP contribution in [0.15, 0.2) is 47.0 Å². The van der Waals surface area contributed by atoms with Crippen LogP contribution in [-0.4, -0.2) is 17.6 Å². The topological polar surface area (TPSA) is 81.2 Å². The number of nitrogens with two attached hydrogens (primary N) is 1. The van der Waals surface area contributed by atoms with Crippen LogP contribution >= 0.6 is 12.4 Å². The van der Waals surface area contributed by atoms with E-state index in [0.29, 0.717) is 19.4 Å². The first-order chi connectivity index (χ1) is 12.1. The molecular weight excluding hydrogens is 350 g/mol. The Kier molecular flexibility index (Phi) is 6.77. The first-order valence-corrected chi connectivity index (χ1v) is 8.48. The zero-order chi connectivity index (χ0) is 17.8. The van der Waals surface area contributed by atoms with Crippen molar-refractivity contribution >= 4 is 29.1 Å². The molecule has 0 aliphatic heterocycles. The maximum Gasteiger partial charge on any atom is 0.220 e. The Balaban J connectivity index is 0.00000243. The first-order valence-electron chi connectivity index (χ1n) is 8.48. The van der Waals surface area contributed by atoms with Gasteiger partial charge in [0.2, 0.25) is 5.91 Å². The molecule has 26 heavy (non-hydrogen) atoms. The molecule has 0 radical (unpaired) electrons. The van der Waals surface area contributed by atoms with Gasteiger partial charge in [0, 0.05) is 18.5 Å². The van der Waals surface area contributed by atoms with Crippen LogP contribution in [0, 0.1) is 13.8 Å². The highest BCUT2D eigenvalue weighted by molar-refractivity contribution is 5.85. The maximum atomic E-state index is 12.3. The molecule has 2 aromatic carbocycles. The number of nitrogens with one attached hydrogen (secondary N) is 1. The van der Waals surface area contributed by atoms with Crippen molar-refractivity contribution in [1.29, 1.82) is 0 Å². The summed E-state index contributed by atoms with van der Waals surface area (Å²) in [4.78, 5) is 12.3. The molecule has 0 aliphatic carbocycles. The van der Waals surface area contributed by atoms with Crippen LogP contribution in [0.2, 0.25) is 0 Å². The predicted molar refractivity (Wildman–Crippen MR) is 105 cm³/mol. The van der Waals surface area contributed by atoms with Crippen molar-refractivity contribution in [3.05, 3.63) is 65.0 Å². The Morgan fingerprint density at radius 1 is 1.19 bits per heavy atom. The molecule has 3 N–H and O–H groups in total. The van der Waals surface area contributed by atoms with E-state index in [1.165, 1.54) is 5.39 Å². The number of hydrogen-bond donors (Lipinski definition) is 2. The van der Waals surface area contributed by atoms with E-state index in [2.05, 4.69) is 34.7 Å². The second-order valence-corrected chi connectivity index (χ2v) is 6.27. The number of halogens is 1. The van der Waals surface area contributed by atoms with Crippen LogP contribution in [0.5, 0.6) is 0 Å². The average Bonchev–Trinajstić information content (AvgIpc) is 2.95. The summed E-state index contributed by atoms with van der Waals surface area (Å²) in [6.45, 7) is 4.11. The van der Waals surface area contributed by atoms with Gasteiger partial charge in [-0.15, -0.1) is 12.4 Å². The number of aryl methyl sites for hydroxylation is 2. The fourth-order valence-electron chi connectivity index (χ4n) is 3.07. The molecule has 0 spiro atoms. The van der Waals surface area contributed by atoms with Gasteiger partial charge in [-0.3, -0.25) is 4.79 Å². The summed E-state index contributed by atoms with van der Waals surface area (Å²) in [6, 6.07) is 14.1. The van der Waals surface area contributed by atoms with Gasteiger partial charge < -0.3 is 15.6 Å². The molecule has 1 atom stereocenters. The van der Waals surface area contributed by atoms with Crippen LogP contribution in [0.25, 0.3) is 10.8 Å². The number of rotatable bonds is 6. The highest BCUT2D eigenvalue weighted by atomic mass is 35.5. The summed E-state index contributed by atoms with van der Waals surface area (Å²) in [5.74, 6) is 0.749. The van der Waals surface area contributed by atoms with Crippen molar-refractivity contribution in [2.24, 2.45) is 5.73 Å². The molecule has 3 rings (SSSR count). The molecule has 1 aromatic heterocycles. The minimum Gasteiger partial charge on any atom is -0.361 e. The molecule has 1 unspecified atom stereocenters. The van der Waals surface area contributed by atoms with Crippen LogP contribution in [0.3, 0.4) is 0 Å². The van der Waals surface area contributed by atoms with Crippen molar-refractivity contribution in [3.8, 4) is 0 Å². The Morgan fingerprint density at radius 3 is 2.58 bits per heavy atom. The van der Waals surface area contributed by atoms with Gasteiger partial charge in [-0.05, 0) is 42.7 Å². The number of hydrogen-bond acceptors (Lipinski definition) is 4. The van der Waals surface area contributed by atoms with Crippen molar-refractivity contribution in [2.45, 2.75) is 32.7 Å². The van der Waals surface area contributed by atoms with Crippen LogP contribution in [0.1, 0.15) is 35.0 Å². The summed E-state index contributed by atoms with van der Waals surface area (Å²) in [5, 5.41) is 9.27. The molecule has 0 fully saturated rings. The van der Waals surface area contributed by atoms with Gasteiger partial charge in [0.15, 0.2) is 0 Å². The van der Waals surface area contributed by atoms with Crippen molar-refractivity contribution in [1.82, 2.24) is 10.5 Å². The molecule has 0 saturated carbocycles. The molecule has 3 aromatic rings. The van der Waals surface area contributed by atoms with E-state index in [4.69, 9.17) is 10.3 Å². The van der Waals surface area contributed by atoms with E-state index in [9.17, 15) is 4.79 Å². The largest absolute Gasteiger partial charge is 0.361 e. The van der Waals surface area contributed by atoms with E-state index in [0.717, 1.165) is 28.0 Å². The Hall–Kier alpha value is -2.37. The van der Waals surface area contributed by atoms with Crippen LogP contribution in [0.4, 0.5) is 0 Å². The number of benzene rings is 2. The average molecular weight is 374 g/mol. The van der Waals surface area contributed by atoms with Crippen LogP contribution < -0.4 is 11.1 Å². The molecule has 0 aliphatic rings. The number of carbonyl (C=O) groups is 1. The lowest BCUT2D eigenvalue weighted by atomic mass is 10.0. The normalized spacial score (nSPS) is 11.8. The fourth-order valence-corrected chi connectivity index (χ4v) is 3.07. The molecule has 5 nitrogen and oxygen atoms in total. The van der Waals surface area contributed by atoms with Gasteiger partial charge >= 0.3 is 0 Å². The van der Waals surface area contributed by atoms with Gasteiger partial charge in [-0.25, -0.2) is 0 Å².